The predicted molar refractivity (Wildman–Crippen MR) is 71.5 cm³/mol. The number of hydrogen-bond donors (Lipinski definition) is 0. The topological polar surface area (TPSA) is 35.0 Å². The van der Waals surface area contributed by atoms with E-state index in [9.17, 15) is 0 Å². The molecule has 0 atom stereocenters. The van der Waals surface area contributed by atoms with Crippen molar-refractivity contribution in [2.75, 3.05) is 7.11 Å². The average Bonchev–Trinajstić information content (AvgIpc) is 2.47. The molecule has 1 heterocycles. The summed E-state index contributed by atoms with van der Waals surface area (Å²) in [7, 11) is 1.67. The van der Waals surface area contributed by atoms with Crippen LogP contribution in [0, 0.1) is 0 Å². The van der Waals surface area contributed by atoms with Gasteiger partial charge in [-0.2, -0.15) is 5.10 Å². The Morgan fingerprint density at radius 1 is 0.944 bits per heavy atom. The fourth-order valence-corrected chi connectivity index (χ4v) is 2.02. The molecule has 0 saturated carbocycles. The zero-order valence-corrected chi connectivity index (χ0v) is 10.00. The molecule has 0 aliphatic carbocycles. The summed E-state index contributed by atoms with van der Waals surface area (Å²) in [5.41, 5.74) is 3.12. The van der Waals surface area contributed by atoms with E-state index in [1.807, 2.05) is 42.5 Å². The summed E-state index contributed by atoms with van der Waals surface area (Å²) in [6, 6.07) is 16.1. The predicted octanol–water partition coefficient (Wildman–Crippen LogP) is 3.31. The smallest absolute Gasteiger partial charge is 0.118 e. The number of methoxy groups -OCH3 is 1. The first-order valence-corrected chi connectivity index (χ1v) is 5.73. The molecule has 0 unspecified atom stereocenters. The van der Waals surface area contributed by atoms with Crippen LogP contribution in [-0.4, -0.2) is 17.3 Å². The van der Waals surface area contributed by atoms with Crippen LogP contribution in [0.5, 0.6) is 5.75 Å². The first-order valence-electron chi connectivity index (χ1n) is 5.73. The van der Waals surface area contributed by atoms with Crippen molar-refractivity contribution in [2.45, 2.75) is 0 Å². The van der Waals surface area contributed by atoms with Gasteiger partial charge in [0.1, 0.15) is 11.3 Å². The van der Waals surface area contributed by atoms with Crippen molar-refractivity contribution in [1.29, 1.82) is 0 Å². The summed E-state index contributed by atoms with van der Waals surface area (Å²) in [6.45, 7) is 0. The molecule has 3 rings (SSSR count). The van der Waals surface area contributed by atoms with E-state index < -0.39 is 0 Å². The molecule has 0 saturated heterocycles. The number of hydrogen-bond acceptors (Lipinski definition) is 3. The van der Waals surface area contributed by atoms with E-state index >= 15 is 0 Å². The van der Waals surface area contributed by atoms with E-state index in [-0.39, 0.29) is 0 Å². The molecule has 18 heavy (non-hydrogen) atoms. The third-order valence-corrected chi connectivity index (χ3v) is 2.95. The Hall–Kier alpha value is -2.42. The van der Waals surface area contributed by atoms with Gasteiger partial charge in [0.25, 0.3) is 0 Å². The zero-order chi connectivity index (χ0) is 12.4. The molecule has 0 aliphatic rings. The summed E-state index contributed by atoms with van der Waals surface area (Å²) >= 11 is 0. The fraction of sp³-hybridized carbons (Fsp3) is 0.0667. The molecule has 0 radical (unpaired) electrons. The SMILES string of the molecule is COc1ccc(-c2cccc3ccnnc23)cc1. The second-order valence-corrected chi connectivity index (χ2v) is 4.00. The van der Waals surface area contributed by atoms with Crippen LogP contribution in [0.4, 0.5) is 0 Å². The lowest BCUT2D eigenvalue weighted by Crippen LogP contribution is -1.87. The van der Waals surface area contributed by atoms with Crippen LogP contribution in [0.2, 0.25) is 0 Å². The van der Waals surface area contributed by atoms with Crippen LogP contribution >= 0.6 is 0 Å². The highest BCUT2D eigenvalue weighted by atomic mass is 16.5. The minimum Gasteiger partial charge on any atom is -0.497 e. The van der Waals surface area contributed by atoms with Crippen molar-refractivity contribution < 1.29 is 4.74 Å². The summed E-state index contributed by atoms with van der Waals surface area (Å²) in [5.74, 6) is 0.852. The van der Waals surface area contributed by atoms with Crippen LogP contribution in [0.25, 0.3) is 22.0 Å². The number of benzene rings is 2. The molecule has 0 aliphatic heterocycles. The lowest BCUT2D eigenvalue weighted by molar-refractivity contribution is 0.415. The average molecular weight is 236 g/mol. The Morgan fingerprint density at radius 3 is 2.56 bits per heavy atom. The largest absolute Gasteiger partial charge is 0.497 e. The van der Waals surface area contributed by atoms with Crippen LogP contribution in [0.1, 0.15) is 0 Å². The molecule has 0 bridgehead atoms. The van der Waals surface area contributed by atoms with E-state index in [1.54, 1.807) is 13.3 Å². The summed E-state index contributed by atoms with van der Waals surface area (Å²) in [5, 5.41) is 9.27. The number of ether oxygens (including phenoxy) is 1. The monoisotopic (exact) mass is 236 g/mol. The van der Waals surface area contributed by atoms with Crippen molar-refractivity contribution in [2.24, 2.45) is 0 Å². The maximum absolute atomic E-state index is 5.16. The first kappa shape index (κ1) is 10.7. The third-order valence-electron chi connectivity index (χ3n) is 2.95. The summed E-state index contributed by atoms with van der Waals surface area (Å²) < 4.78 is 5.16. The minimum atomic E-state index is 0.852. The van der Waals surface area contributed by atoms with Crippen molar-refractivity contribution in [3.05, 3.63) is 54.7 Å². The Balaban J connectivity index is 2.18. The third kappa shape index (κ3) is 1.80. The van der Waals surface area contributed by atoms with Gasteiger partial charge in [-0.3, -0.25) is 0 Å². The lowest BCUT2D eigenvalue weighted by atomic mass is 10.0. The van der Waals surface area contributed by atoms with Gasteiger partial charge in [0.15, 0.2) is 0 Å². The lowest BCUT2D eigenvalue weighted by Gasteiger charge is -2.06. The highest BCUT2D eigenvalue weighted by molar-refractivity contribution is 5.93. The molecule has 0 spiro atoms. The molecule has 0 fully saturated rings. The summed E-state index contributed by atoms with van der Waals surface area (Å²) in [4.78, 5) is 0. The van der Waals surface area contributed by atoms with Crippen LogP contribution < -0.4 is 4.74 Å². The number of fused-ring (bicyclic) bond motifs is 1. The first-order chi connectivity index (χ1) is 8.88. The normalized spacial score (nSPS) is 10.5. The van der Waals surface area contributed by atoms with E-state index in [0.29, 0.717) is 0 Å². The zero-order valence-electron chi connectivity index (χ0n) is 10.00. The van der Waals surface area contributed by atoms with Crippen LogP contribution in [-0.2, 0) is 0 Å². The Kier molecular flexibility index (Phi) is 2.65. The number of nitrogens with zero attached hydrogens (tertiary/aromatic N) is 2. The molecule has 88 valence electrons. The Bertz CT molecular complexity index is 672. The van der Waals surface area contributed by atoms with Gasteiger partial charge in [0.05, 0.1) is 13.3 Å². The highest BCUT2D eigenvalue weighted by Crippen LogP contribution is 2.27. The molecule has 0 N–H and O–H groups in total. The second-order valence-electron chi connectivity index (χ2n) is 4.00. The number of aromatic nitrogens is 2. The Morgan fingerprint density at radius 2 is 1.78 bits per heavy atom. The molecular formula is C15H12N2O. The summed E-state index contributed by atoms with van der Waals surface area (Å²) in [6.07, 6.45) is 1.71. The van der Waals surface area contributed by atoms with Crippen LogP contribution in [0.15, 0.2) is 54.7 Å². The standard InChI is InChI=1S/C15H12N2O/c1-18-13-7-5-11(6-8-13)14-4-2-3-12-9-10-16-17-15(12)14/h2-10H,1H3. The quantitative estimate of drug-likeness (QED) is 0.684. The highest BCUT2D eigenvalue weighted by Gasteiger charge is 2.04. The van der Waals surface area contributed by atoms with Gasteiger partial charge < -0.3 is 4.74 Å². The van der Waals surface area contributed by atoms with Crippen molar-refractivity contribution in [3.8, 4) is 16.9 Å². The van der Waals surface area contributed by atoms with Crippen molar-refractivity contribution in [3.63, 3.8) is 0 Å². The van der Waals surface area contributed by atoms with E-state index in [4.69, 9.17) is 4.74 Å². The molecule has 0 amide bonds. The van der Waals surface area contributed by atoms with Gasteiger partial charge in [-0.1, -0.05) is 30.3 Å². The van der Waals surface area contributed by atoms with Crippen molar-refractivity contribution >= 4 is 10.9 Å². The van der Waals surface area contributed by atoms with E-state index in [1.165, 1.54) is 0 Å². The molecule has 1 aromatic heterocycles. The molecule has 3 nitrogen and oxygen atoms in total. The van der Waals surface area contributed by atoms with Gasteiger partial charge >= 0.3 is 0 Å². The van der Waals surface area contributed by atoms with Gasteiger partial charge in [0, 0.05) is 10.9 Å². The van der Waals surface area contributed by atoms with Gasteiger partial charge in [-0.15, -0.1) is 5.10 Å². The molecule has 3 heteroatoms. The van der Waals surface area contributed by atoms with E-state index in [0.717, 1.165) is 27.8 Å². The molecular weight excluding hydrogens is 224 g/mol. The maximum Gasteiger partial charge on any atom is 0.118 e. The fourth-order valence-electron chi connectivity index (χ4n) is 2.02. The molecule has 3 aromatic rings. The molecule has 2 aromatic carbocycles. The van der Waals surface area contributed by atoms with Gasteiger partial charge in [-0.25, -0.2) is 0 Å². The number of rotatable bonds is 2. The minimum absolute atomic E-state index is 0.852. The van der Waals surface area contributed by atoms with E-state index in [2.05, 4.69) is 16.3 Å². The van der Waals surface area contributed by atoms with Crippen molar-refractivity contribution in [1.82, 2.24) is 10.2 Å². The Labute approximate surface area is 105 Å². The van der Waals surface area contributed by atoms with Gasteiger partial charge in [0.2, 0.25) is 0 Å². The second kappa shape index (κ2) is 4.45. The van der Waals surface area contributed by atoms with Gasteiger partial charge in [-0.05, 0) is 23.8 Å². The van der Waals surface area contributed by atoms with Crippen LogP contribution in [0.3, 0.4) is 0 Å². The maximum atomic E-state index is 5.16.